The predicted octanol–water partition coefficient (Wildman–Crippen LogP) is -0.899. The summed E-state index contributed by atoms with van der Waals surface area (Å²) in [6, 6.07) is 0. The van der Waals surface area contributed by atoms with Crippen LogP contribution in [0.1, 0.15) is 0 Å². The second-order valence-electron chi connectivity index (χ2n) is 2.74. The molecule has 82 valence electrons. The molecule has 0 bridgehead atoms. The van der Waals surface area contributed by atoms with E-state index >= 15 is 0 Å². The maximum Gasteiger partial charge on any atom is 0.293 e. The van der Waals surface area contributed by atoms with Crippen molar-refractivity contribution in [2.75, 3.05) is 26.4 Å². The lowest BCUT2D eigenvalue weighted by molar-refractivity contribution is -0.137. The molecule has 1 heterocycles. The van der Waals surface area contributed by atoms with Crippen molar-refractivity contribution in [2.24, 2.45) is 0 Å². The van der Waals surface area contributed by atoms with Gasteiger partial charge in [-0.05, 0) is 0 Å². The van der Waals surface area contributed by atoms with E-state index in [0.717, 1.165) is 4.90 Å². The van der Waals surface area contributed by atoms with Gasteiger partial charge in [-0.25, -0.2) is 0 Å². The number of ether oxygens (including phenoxy) is 2. The molecule has 1 aliphatic rings. The van der Waals surface area contributed by atoms with E-state index in [9.17, 15) is 14.4 Å². The summed E-state index contributed by atoms with van der Waals surface area (Å²) in [6.07, 6.45) is 2.44. The van der Waals surface area contributed by atoms with Gasteiger partial charge in [0.15, 0.2) is 0 Å². The molecule has 15 heavy (non-hydrogen) atoms. The minimum atomic E-state index is -0.326. The molecule has 0 aromatic carbocycles. The van der Waals surface area contributed by atoms with Crippen LogP contribution in [-0.2, 0) is 23.9 Å². The number of nitrogens with zero attached hydrogens (tertiary/aromatic N) is 1. The Morgan fingerprint density at radius 3 is 2.40 bits per heavy atom. The molecule has 0 atom stereocenters. The van der Waals surface area contributed by atoms with E-state index in [1.807, 2.05) is 0 Å². The normalized spacial score (nSPS) is 14.8. The van der Waals surface area contributed by atoms with E-state index in [1.165, 1.54) is 12.2 Å². The van der Waals surface area contributed by atoms with Crippen LogP contribution in [0, 0.1) is 0 Å². The summed E-state index contributed by atoms with van der Waals surface area (Å²) >= 11 is 0. The molecule has 0 aromatic heterocycles. The summed E-state index contributed by atoms with van der Waals surface area (Å²) in [5, 5.41) is 0. The highest BCUT2D eigenvalue weighted by atomic mass is 16.5. The summed E-state index contributed by atoms with van der Waals surface area (Å²) in [5.74, 6) is -0.652. The van der Waals surface area contributed by atoms with E-state index in [0.29, 0.717) is 6.47 Å². The number of rotatable bonds is 7. The molecular formula is C9H11NO5. The van der Waals surface area contributed by atoms with E-state index in [1.54, 1.807) is 0 Å². The largest absolute Gasteiger partial charge is 0.465 e. The Morgan fingerprint density at radius 2 is 1.80 bits per heavy atom. The molecule has 0 radical (unpaired) electrons. The molecular weight excluding hydrogens is 202 g/mol. The topological polar surface area (TPSA) is 72.9 Å². The number of imide groups is 1. The Bertz CT molecular complexity index is 268. The lowest BCUT2D eigenvalue weighted by Gasteiger charge is -2.13. The van der Waals surface area contributed by atoms with Gasteiger partial charge in [-0.3, -0.25) is 19.3 Å². The summed E-state index contributed by atoms with van der Waals surface area (Å²) < 4.78 is 9.42. The van der Waals surface area contributed by atoms with E-state index in [-0.39, 0.29) is 38.2 Å². The molecule has 6 nitrogen and oxygen atoms in total. The van der Waals surface area contributed by atoms with E-state index in [2.05, 4.69) is 4.74 Å². The zero-order chi connectivity index (χ0) is 11.1. The molecule has 0 aliphatic carbocycles. The third-order valence-electron chi connectivity index (χ3n) is 1.77. The number of amides is 2. The minimum absolute atomic E-state index is 0.170. The number of hydrogen-bond acceptors (Lipinski definition) is 5. The average Bonchev–Trinajstić information content (AvgIpc) is 2.54. The first-order valence-electron chi connectivity index (χ1n) is 4.42. The Labute approximate surface area is 86.4 Å². The van der Waals surface area contributed by atoms with Gasteiger partial charge in [0.2, 0.25) is 0 Å². The Kier molecular flexibility index (Phi) is 4.49. The van der Waals surface area contributed by atoms with Crippen molar-refractivity contribution < 1.29 is 23.9 Å². The fourth-order valence-electron chi connectivity index (χ4n) is 1.06. The summed E-state index contributed by atoms with van der Waals surface area (Å²) in [4.78, 5) is 32.9. The van der Waals surface area contributed by atoms with Gasteiger partial charge in [-0.1, -0.05) is 0 Å². The lowest BCUT2D eigenvalue weighted by atomic mass is 10.5. The number of carbonyl (C=O) groups excluding carboxylic acids is 3. The molecule has 1 rings (SSSR count). The lowest BCUT2D eigenvalue weighted by Crippen LogP contribution is -2.33. The standard InChI is InChI=1S/C9H11NO5/c11-7-15-6-5-14-4-3-10-8(12)1-2-9(10)13/h1-2,7H,3-6H2. The van der Waals surface area contributed by atoms with Crippen LogP contribution in [-0.4, -0.2) is 49.6 Å². The Hall–Kier alpha value is -1.69. The number of carbonyl (C=O) groups is 3. The van der Waals surface area contributed by atoms with Crippen LogP contribution >= 0.6 is 0 Å². The zero-order valence-corrected chi connectivity index (χ0v) is 8.05. The molecule has 0 aromatic rings. The molecule has 0 N–H and O–H groups in total. The molecule has 2 amide bonds. The summed E-state index contributed by atoms with van der Waals surface area (Å²) in [5.41, 5.74) is 0. The minimum Gasteiger partial charge on any atom is -0.465 e. The van der Waals surface area contributed by atoms with Gasteiger partial charge in [0.1, 0.15) is 6.61 Å². The highest BCUT2D eigenvalue weighted by Crippen LogP contribution is 2.02. The van der Waals surface area contributed by atoms with E-state index < -0.39 is 0 Å². The van der Waals surface area contributed by atoms with Crippen LogP contribution in [0.25, 0.3) is 0 Å². The van der Waals surface area contributed by atoms with Crippen molar-refractivity contribution in [2.45, 2.75) is 0 Å². The second-order valence-corrected chi connectivity index (χ2v) is 2.74. The van der Waals surface area contributed by atoms with Gasteiger partial charge in [-0.2, -0.15) is 0 Å². The molecule has 6 heteroatoms. The summed E-state index contributed by atoms with van der Waals surface area (Å²) in [6.45, 7) is 1.21. The Morgan fingerprint density at radius 1 is 1.13 bits per heavy atom. The summed E-state index contributed by atoms with van der Waals surface area (Å²) in [7, 11) is 0. The van der Waals surface area contributed by atoms with Crippen molar-refractivity contribution >= 4 is 18.3 Å². The molecule has 1 aliphatic heterocycles. The first-order valence-corrected chi connectivity index (χ1v) is 4.42. The third kappa shape index (κ3) is 3.51. The smallest absolute Gasteiger partial charge is 0.293 e. The highest BCUT2D eigenvalue weighted by Gasteiger charge is 2.22. The zero-order valence-electron chi connectivity index (χ0n) is 8.05. The first-order chi connectivity index (χ1) is 7.25. The SMILES string of the molecule is O=COCCOCCN1C(=O)C=CC1=O. The maximum atomic E-state index is 11.0. The average molecular weight is 213 g/mol. The molecule has 0 saturated carbocycles. The monoisotopic (exact) mass is 213 g/mol. The van der Waals surface area contributed by atoms with Crippen LogP contribution in [0.2, 0.25) is 0 Å². The maximum absolute atomic E-state index is 11.0. The second kappa shape index (κ2) is 5.92. The van der Waals surface area contributed by atoms with Crippen molar-refractivity contribution in [3.05, 3.63) is 12.2 Å². The molecule has 0 unspecified atom stereocenters. The quantitative estimate of drug-likeness (QED) is 0.311. The van der Waals surface area contributed by atoms with Gasteiger partial charge in [0, 0.05) is 12.2 Å². The van der Waals surface area contributed by atoms with Crippen molar-refractivity contribution in [1.82, 2.24) is 4.90 Å². The van der Waals surface area contributed by atoms with Gasteiger partial charge < -0.3 is 9.47 Å². The van der Waals surface area contributed by atoms with Crippen LogP contribution in [0.15, 0.2) is 12.2 Å². The van der Waals surface area contributed by atoms with Gasteiger partial charge in [0.05, 0.1) is 19.8 Å². The molecule has 0 spiro atoms. The predicted molar refractivity (Wildman–Crippen MR) is 48.7 cm³/mol. The third-order valence-corrected chi connectivity index (χ3v) is 1.77. The van der Waals surface area contributed by atoms with Gasteiger partial charge >= 0.3 is 0 Å². The van der Waals surface area contributed by atoms with Crippen molar-refractivity contribution in [3.63, 3.8) is 0 Å². The fourth-order valence-corrected chi connectivity index (χ4v) is 1.06. The number of hydrogen-bond donors (Lipinski definition) is 0. The van der Waals surface area contributed by atoms with Crippen LogP contribution in [0.3, 0.4) is 0 Å². The molecule has 0 saturated heterocycles. The fraction of sp³-hybridized carbons (Fsp3) is 0.444. The van der Waals surface area contributed by atoms with Crippen molar-refractivity contribution in [3.8, 4) is 0 Å². The van der Waals surface area contributed by atoms with Gasteiger partial charge in [-0.15, -0.1) is 0 Å². The van der Waals surface area contributed by atoms with Crippen LogP contribution in [0.5, 0.6) is 0 Å². The van der Waals surface area contributed by atoms with Crippen LogP contribution in [0.4, 0.5) is 0 Å². The first kappa shape index (κ1) is 11.4. The van der Waals surface area contributed by atoms with Gasteiger partial charge in [0.25, 0.3) is 18.3 Å². The van der Waals surface area contributed by atoms with Crippen LogP contribution < -0.4 is 0 Å². The van der Waals surface area contributed by atoms with E-state index in [4.69, 9.17) is 4.74 Å². The Balaban J connectivity index is 2.08. The molecule has 0 fully saturated rings. The van der Waals surface area contributed by atoms with Crippen molar-refractivity contribution in [1.29, 1.82) is 0 Å². The highest BCUT2D eigenvalue weighted by molar-refractivity contribution is 6.12.